The van der Waals surface area contributed by atoms with Crippen molar-refractivity contribution in [3.8, 4) is 28.5 Å². The van der Waals surface area contributed by atoms with Gasteiger partial charge >= 0.3 is 0 Å². The van der Waals surface area contributed by atoms with Gasteiger partial charge in [-0.1, -0.05) is 24.3 Å². The first-order valence-electron chi connectivity index (χ1n) is 9.12. The maximum atomic E-state index is 14.1. The molecule has 0 atom stereocenters. The van der Waals surface area contributed by atoms with Crippen LogP contribution in [0, 0.1) is 12.7 Å². The number of halogens is 1. The second-order valence-corrected chi connectivity index (χ2v) is 8.16. The summed E-state index contributed by atoms with van der Waals surface area (Å²) < 4.78 is 44.9. The molecule has 1 N–H and O–H groups in total. The summed E-state index contributed by atoms with van der Waals surface area (Å²) in [7, 11) is -2.22. The highest BCUT2D eigenvalue weighted by molar-refractivity contribution is 7.85. The zero-order chi connectivity index (χ0) is 22.6. The highest BCUT2D eigenvalue weighted by atomic mass is 32.2. The van der Waals surface area contributed by atoms with Crippen LogP contribution in [0.15, 0.2) is 60.8 Å². The fraction of sp³-hybridized carbons (Fsp3) is 0.136. The highest BCUT2D eigenvalue weighted by Crippen LogP contribution is 2.28. The van der Waals surface area contributed by atoms with Crippen LogP contribution < -0.4 is 4.74 Å². The first-order chi connectivity index (χ1) is 14.7. The molecule has 0 aliphatic rings. The summed E-state index contributed by atoms with van der Waals surface area (Å²) in [5, 5.41) is 0.973. The van der Waals surface area contributed by atoms with Gasteiger partial charge in [0.05, 0.1) is 24.6 Å². The minimum Gasteiger partial charge on any atom is -0.494 e. The SMILES string of the molecule is COc1ccc(-c2nc(-c3ncc4ccccc4n3)ccc2C)cc1F.CS(=O)(=O)O. The number of nitrogens with zero attached hydrogens (tertiary/aromatic N) is 3. The lowest BCUT2D eigenvalue weighted by Gasteiger charge is -2.09. The topological polar surface area (TPSA) is 102 Å². The minimum atomic E-state index is -3.67. The summed E-state index contributed by atoms with van der Waals surface area (Å²) in [4.78, 5) is 13.7. The number of aromatic nitrogens is 3. The van der Waals surface area contributed by atoms with Crippen LogP contribution in [0.2, 0.25) is 0 Å². The minimum absolute atomic E-state index is 0.209. The number of fused-ring (bicyclic) bond motifs is 1. The average Bonchev–Trinajstić information content (AvgIpc) is 2.72. The Bertz CT molecular complexity index is 1340. The van der Waals surface area contributed by atoms with Crippen molar-refractivity contribution in [1.29, 1.82) is 0 Å². The van der Waals surface area contributed by atoms with Crippen molar-refractivity contribution in [3.05, 3.63) is 72.2 Å². The number of para-hydroxylation sites is 1. The summed E-state index contributed by atoms with van der Waals surface area (Å²) in [6.07, 6.45) is 2.50. The predicted molar refractivity (Wildman–Crippen MR) is 117 cm³/mol. The molecule has 9 heteroatoms. The van der Waals surface area contributed by atoms with Crippen LogP contribution in [0.4, 0.5) is 4.39 Å². The molecular weight excluding hydrogens is 421 g/mol. The van der Waals surface area contributed by atoms with Crippen LogP contribution in [0.5, 0.6) is 5.75 Å². The summed E-state index contributed by atoms with van der Waals surface area (Å²) in [6.45, 7) is 1.94. The first-order valence-corrected chi connectivity index (χ1v) is 11.0. The molecule has 4 aromatic rings. The molecule has 4 rings (SSSR count). The Hall–Kier alpha value is -3.43. The van der Waals surface area contributed by atoms with Crippen molar-refractivity contribution < 1.29 is 22.1 Å². The van der Waals surface area contributed by atoms with Gasteiger partial charge in [-0.2, -0.15) is 8.42 Å². The van der Waals surface area contributed by atoms with Gasteiger partial charge < -0.3 is 4.74 Å². The third kappa shape index (κ3) is 5.80. The van der Waals surface area contributed by atoms with Crippen molar-refractivity contribution in [2.24, 2.45) is 0 Å². The third-order valence-electron chi connectivity index (χ3n) is 4.24. The van der Waals surface area contributed by atoms with Crippen LogP contribution in [0.1, 0.15) is 5.56 Å². The molecule has 0 fully saturated rings. The van der Waals surface area contributed by atoms with Crippen molar-refractivity contribution in [2.75, 3.05) is 13.4 Å². The van der Waals surface area contributed by atoms with Gasteiger partial charge in [0.2, 0.25) is 0 Å². The van der Waals surface area contributed by atoms with Gasteiger partial charge in [0.15, 0.2) is 17.4 Å². The van der Waals surface area contributed by atoms with Gasteiger partial charge in [0, 0.05) is 17.1 Å². The van der Waals surface area contributed by atoms with E-state index in [1.54, 1.807) is 18.3 Å². The van der Waals surface area contributed by atoms with Gasteiger partial charge in [0.1, 0.15) is 5.69 Å². The molecule has 2 heterocycles. The van der Waals surface area contributed by atoms with E-state index < -0.39 is 15.9 Å². The molecular formula is C22H20FN3O4S. The summed E-state index contributed by atoms with van der Waals surface area (Å²) >= 11 is 0. The standard InChI is InChI=1S/C21H16FN3O.CH4O3S/c1-13-7-9-18(21-23-12-15-5-3-4-6-17(15)25-21)24-20(13)14-8-10-19(26-2)16(22)11-14;1-5(2,3)4/h3-12H,1-2H3;1H3,(H,2,3,4). The van der Waals surface area contributed by atoms with E-state index in [2.05, 4.69) is 15.0 Å². The largest absolute Gasteiger partial charge is 0.494 e. The number of rotatable bonds is 3. The lowest BCUT2D eigenvalue weighted by atomic mass is 10.1. The molecule has 0 spiro atoms. The maximum absolute atomic E-state index is 14.1. The van der Waals surface area contributed by atoms with Crippen LogP contribution >= 0.6 is 0 Å². The van der Waals surface area contributed by atoms with Gasteiger partial charge in [-0.25, -0.2) is 19.3 Å². The molecule has 31 heavy (non-hydrogen) atoms. The predicted octanol–water partition coefficient (Wildman–Crippen LogP) is 4.32. The molecule has 0 bridgehead atoms. The molecule has 0 aliphatic carbocycles. The summed E-state index contributed by atoms with van der Waals surface area (Å²) in [5.74, 6) is 0.331. The van der Waals surface area contributed by atoms with Crippen LogP contribution in [0.3, 0.4) is 0 Å². The van der Waals surface area contributed by atoms with Gasteiger partial charge in [-0.3, -0.25) is 4.55 Å². The first kappa shape index (κ1) is 22.3. The van der Waals surface area contributed by atoms with Crippen molar-refractivity contribution in [1.82, 2.24) is 15.0 Å². The van der Waals surface area contributed by atoms with Crippen LogP contribution in [0.25, 0.3) is 33.7 Å². The van der Waals surface area contributed by atoms with E-state index in [0.29, 0.717) is 29.0 Å². The van der Waals surface area contributed by atoms with E-state index in [1.165, 1.54) is 13.2 Å². The quantitative estimate of drug-likeness (QED) is 0.472. The zero-order valence-corrected chi connectivity index (χ0v) is 17.9. The summed E-state index contributed by atoms with van der Waals surface area (Å²) in [6, 6.07) is 16.4. The van der Waals surface area contributed by atoms with E-state index in [4.69, 9.17) is 9.29 Å². The lowest BCUT2D eigenvalue weighted by molar-refractivity contribution is 0.386. The normalized spacial score (nSPS) is 11.0. The fourth-order valence-electron chi connectivity index (χ4n) is 2.85. The molecule has 0 radical (unpaired) electrons. The number of hydrogen-bond donors (Lipinski definition) is 1. The van der Waals surface area contributed by atoms with Crippen molar-refractivity contribution in [2.45, 2.75) is 6.92 Å². The maximum Gasteiger partial charge on any atom is 0.261 e. The Morgan fingerprint density at radius 2 is 1.74 bits per heavy atom. The Morgan fingerprint density at radius 1 is 1.03 bits per heavy atom. The van der Waals surface area contributed by atoms with E-state index in [1.807, 2.05) is 43.3 Å². The Kier molecular flexibility index (Phi) is 6.57. The van der Waals surface area contributed by atoms with E-state index >= 15 is 0 Å². The molecule has 160 valence electrons. The fourth-order valence-corrected chi connectivity index (χ4v) is 2.85. The third-order valence-corrected chi connectivity index (χ3v) is 4.24. The van der Waals surface area contributed by atoms with Gasteiger partial charge in [0.25, 0.3) is 10.1 Å². The number of pyridine rings is 1. The highest BCUT2D eigenvalue weighted by Gasteiger charge is 2.12. The van der Waals surface area contributed by atoms with Crippen LogP contribution in [-0.4, -0.2) is 41.3 Å². The second kappa shape index (κ2) is 9.15. The number of benzene rings is 2. The number of aryl methyl sites for hydroxylation is 1. The molecule has 0 amide bonds. The molecule has 2 aromatic carbocycles. The Balaban J connectivity index is 0.000000491. The Morgan fingerprint density at radius 3 is 2.42 bits per heavy atom. The smallest absolute Gasteiger partial charge is 0.261 e. The zero-order valence-electron chi connectivity index (χ0n) is 17.1. The molecule has 0 aliphatic heterocycles. The van der Waals surface area contributed by atoms with Crippen molar-refractivity contribution in [3.63, 3.8) is 0 Å². The molecule has 0 unspecified atom stereocenters. The summed E-state index contributed by atoms with van der Waals surface area (Å²) in [5.41, 5.74) is 3.83. The van der Waals surface area contributed by atoms with Crippen molar-refractivity contribution >= 4 is 21.0 Å². The average molecular weight is 441 g/mol. The molecule has 2 aromatic heterocycles. The Labute approximate surface area is 179 Å². The van der Waals surface area contributed by atoms with E-state index in [0.717, 1.165) is 16.5 Å². The molecule has 0 saturated carbocycles. The number of ether oxygens (including phenoxy) is 1. The van der Waals surface area contributed by atoms with E-state index in [9.17, 15) is 12.8 Å². The number of hydrogen-bond acceptors (Lipinski definition) is 6. The molecule has 7 nitrogen and oxygen atoms in total. The van der Waals surface area contributed by atoms with Gasteiger partial charge in [-0.15, -0.1) is 0 Å². The van der Waals surface area contributed by atoms with Crippen LogP contribution in [-0.2, 0) is 10.1 Å². The molecule has 0 saturated heterocycles. The lowest BCUT2D eigenvalue weighted by Crippen LogP contribution is -1.97. The van der Waals surface area contributed by atoms with E-state index in [-0.39, 0.29) is 5.75 Å². The monoisotopic (exact) mass is 441 g/mol. The number of methoxy groups -OCH3 is 1. The second-order valence-electron chi connectivity index (χ2n) is 6.70. The van der Waals surface area contributed by atoms with Gasteiger partial charge in [-0.05, 0) is 42.8 Å².